The van der Waals surface area contributed by atoms with Gasteiger partial charge in [-0.3, -0.25) is 14.3 Å². The molecule has 0 unspecified atom stereocenters. The van der Waals surface area contributed by atoms with E-state index in [0.717, 1.165) is 38.1 Å². The Kier molecular flexibility index (Phi) is 7.52. The highest BCUT2D eigenvalue weighted by Crippen LogP contribution is 2.51. The van der Waals surface area contributed by atoms with Crippen molar-refractivity contribution in [3.63, 3.8) is 0 Å². The van der Waals surface area contributed by atoms with Crippen molar-refractivity contribution < 1.29 is 27.5 Å². The van der Waals surface area contributed by atoms with Gasteiger partial charge in [0.25, 0.3) is 12.3 Å². The minimum absolute atomic E-state index is 0.0230. The van der Waals surface area contributed by atoms with Gasteiger partial charge < -0.3 is 15.8 Å². The SMILES string of the molecule is Cc1c(-c2ccc(NC(=O)[C@@H](NC(=O)c3ccnn3C(C)C)C(C3CC3)C3CC3)nc2F)c[n+]([O-])cc1C(F)F. The van der Waals surface area contributed by atoms with Crippen LogP contribution in [0.3, 0.4) is 0 Å². The Balaban J connectivity index is 1.40. The van der Waals surface area contributed by atoms with Gasteiger partial charge in [0.05, 0.1) is 11.1 Å². The van der Waals surface area contributed by atoms with Crippen molar-refractivity contribution in [2.24, 2.45) is 17.8 Å². The van der Waals surface area contributed by atoms with Gasteiger partial charge in [0.1, 0.15) is 17.6 Å². The number of nitrogens with zero attached hydrogens (tertiary/aromatic N) is 4. The predicted octanol–water partition coefficient (Wildman–Crippen LogP) is 4.72. The van der Waals surface area contributed by atoms with Crippen LogP contribution in [-0.2, 0) is 4.79 Å². The average Bonchev–Trinajstić information content (AvgIpc) is 3.84. The molecule has 0 spiro atoms. The highest BCUT2D eigenvalue weighted by molar-refractivity contribution is 6.00. The van der Waals surface area contributed by atoms with Crippen molar-refractivity contribution in [3.8, 4) is 11.1 Å². The number of carbonyl (C=O) groups excluding carboxylic acids is 2. The lowest BCUT2D eigenvalue weighted by molar-refractivity contribution is -0.605. The fourth-order valence-electron chi connectivity index (χ4n) is 5.40. The quantitative estimate of drug-likeness (QED) is 0.213. The lowest BCUT2D eigenvalue weighted by Crippen LogP contribution is -2.50. The van der Waals surface area contributed by atoms with Crippen LogP contribution in [0.2, 0.25) is 0 Å². The van der Waals surface area contributed by atoms with Gasteiger partial charge in [-0.1, -0.05) is 0 Å². The van der Waals surface area contributed by atoms with Crippen molar-refractivity contribution in [1.29, 1.82) is 0 Å². The van der Waals surface area contributed by atoms with E-state index in [1.807, 2.05) is 13.8 Å². The molecule has 212 valence electrons. The Morgan fingerprint density at radius 2 is 1.75 bits per heavy atom. The molecule has 2 saturated carbocycles. The molecular formula is C28H31F3N6O3. The Labute approximate surface area is 229 Å². The first-order chi connectivity index (χ1) is 19.0. The summed E-state index contributed by atoms with van der Waals surface area (Å²) in [7, 11) is 0. The Morgan fingerprint density at radius 3 is 2.33 bits per heavy atom. The molecule has 0 bridgehead atoms. The number of alkyl halides is 2. The Morgan fingerprint density at radius 1 is 1.07 bits per heavy atom. The van der Waals surface area contributed by atoms with Gasteiger partial charge in [0.15, 0.2) is 12.4 Å². The van der Waals surface area contributed by atoms with Crippen LogP contribution >= 0.6 is 0 Å². The summed E-state index contributed by atoms with van der Waals surface area (Å²) < 4.78 is 43.7. The average molecular weight is 557 g/mol. The summed E-state index contributed by atoms with van der Waals surface area (Å²) in [6.07, 6.45) is 4.28. The molecule has 1 atom stereocenters. The topological polar surface area (TPSA) is 116 Å². The van der Waals surface area contributed by atoms with Crippen LogP contribution < -0.4 is 15.4 Å². The number of pyridine rings is 2. The van der Waals surface area contributed by atoms with E-state index in [-0.39, 0.29) is 39.2 Å². The lowest BCUT2D eigenvalue weighted by atomic mass is 9.88. The molecule has 2 aliphatic rings. The predicted molar refractivity (Wildman–Crippen MR) is 140 cm³/mol. The molecule has 2 amide bonds. The number of carbonyl (C=O) groups is 2. The maximum absolute atomic E-state index is 15.1. The molecule has 2 fully saturated rings. The number of aromatic nitrogens is 4. The largest absolute Gasteiger partial charge is 0.619 e. The van der Waals surface area contributed by atoms with E-state index >= 15 is 4.39 Å². The maximum Gasteiger partial charge on any atom is 0.270 e. The van der Waals surface area contributed by atoms with Crippen LogP contribution in [-0.4, -0.2) is 32.6 Å². The highest BCUT2D eigenvalue weighted by atomic mass is 19.3. The molecule has 12 heteroatoms. The van der Waals surface area contributed by atoms with E-state index in [2.05, 4.69) is 20.7 Å². The van der Waals surface area contributed by atoms with E-state index in [9.17, 15) is 23.6 Å². The van der Waals surface area contributed by atoms with Crippen molar-refractivity contribution in [3.05, 3.63) is 64.8 Å². The summed E-state index contributed by atoms with van der Waals surface area (Å²) in [5.74, 6) is -1.50. The molecular weight excluding hydrogens is 525 g/mol. The number of anilines is 1. The maximum atomic E-state index is 15.1. The molecule has 2 aliphatic carbocycles. The number of hydrogen-bond donors (Lipinski definition) is 2. The van der Waals surface area contributed by atoms with E-state index in [1.54, 1.807) is 10.7 Å². The first-order valence-corrected chi connectivity index (χ1v) is 13.4. The van der Waals surface area contributed by atoms with Crippen molar-refractivity contribution in [1.82, 2.24) is 20.1 Å². The van der Waals surface area contributed by atoms with Crippen molar-refractivity contribution in [2.75, 3.05) is 5.32 Å². The van der Waals surface area contributed by atoms with Crippen molar-refractivity contribution >= 4 is 17.6 Å². The van der Waals surface area contributed by atoms with Crippen LogP contribution in [0.15, 0.2) is 36.8 Å². The summed E-state index contributed by atoms with van der Waals surface area (Å²) in [5.41, 5.74) is -0.287. The van der Waals surface area contributed by atoms with Crippen LogP contribution in [0.25, 0.3) is 11.1 Å². The molecule has 0 aliphatic heterocycles. The van der Waals surface area contributed by atoms with E-state index in [1.165, 1.54) is 25.3 Å². The Hall–Kier alpha value is -3.96. The highest BCUT2D eigenvalue weighted by Gasteiger charge is 2.48. The molecule has 9 nitrogen and oxygen atoms in total. The van der Waals surface area contributed by atoms with E-state index in [0.29, 0.717) is 17.5 Å². The molecule has 2 N–H and O–H groups in total. The fourth-order valence-corrected chi connectivity index (χ4v) is 5.40. The molecule has 0 saturated heterocycles. The molecule has 0 aromatic carbocycles. The van der Waals surface area contributed by atoms with E-state index in [4.69, 9.17) is 0 Å². The normalized spacial score (nSPS) is 16.0. The minimum atomic E-state index is -2.91. The fraction of sp³-hybridized carbons (Fsp3) is 0.464. The number of nitrogens with one attached hydrogen (secondary N) is 2. The van der Waals surface area contributed by atoms with Gasteiger partial charge in [-0.2, -0.15) is 14.2 Å². The molecule has 3 aromatic heterocycles. The standard InChI is InChI=1S/C28H31F3N6O3/c1-14(2)37-21(10-11-32-37)27(38)35-24(23(16-4-5-16)17-6-7-17)28(39)34-22-9-8-18(26(31)33-22)19-12-36(40)13-20(15(19)3)25(29)30/h8-14,16-17,23-25H,4-7H2,1-3H3,(H,35,38)(H,33,34,39)/t24-/m0/s1. The summed E-state index contributed by atoms with van der Waals surface area (Å²) in [5, 5.41) is 21.7. The second-order valence-corrected chi connectivity index (χ2v) is 10.9. The molecule has 3 aromatic rings. The number of hydrogen-bond acceptors (Lipinski definition) is 5. The van der Waals surface area contributed by atoms with Crippen LogP contribution in [0.4, 0.5) is 19.0 Å². The van der Waals surface area contributed by atoms with Gasteiger partial charge in [-0.25, -0.2) is 13.8 Å². The zero-order chi connectivity index (χ0) is 28.7. The van der Waals surface area contributed by atoms with Crippen LogP contribution in [0, 0.1) is 35.8 Å². The third-order valence-corrected chi connectivity index (χ3v) is 7.66. The number of rotatable bonds is 10. The first-order valence-electron chi connectivity index (χ1n) is 13.4. The monoisotopic (exact) mass is 556 g/mol. The first kappa shape index (κ1) is 27.6. The van der Waals surface area contributed by atoms with Gasteiger partial charge in [-0.05, 0) is 88.0 Å². The Bertz CT molecular complexity index is 1420. The lowest BCUT2D eigenvalue weighted by Gasteiger charge is -2.27. The third-order valence-electron chi connectivity index (χ3n) is 7.66. The molecule has 0 radical (unpaired) electrons. The second-order valence-electron chi connectivity index (χ2n) is 10.9. The minimum Gasteiger partial charge on any atom is -0.619 e. The molecule has 5 rings (SSSR count). The van der Waals surface area contributed by atoms with Crippen LogP contribution in [0.1, 0.15) is 73.6 Å². The van der Waals surface area contributed by atoms with Gasteiger partial charge in [0, 0.05) is 17.8 Å². The van der Waals surface area contributed by atoms with Crippen LogP contribution in [0.5, 0.6) is 0 Å². The number of amides is 2. The zero-order valence-corrected chi connectivity index (χ0v) is 22.4. The number of halogens is 3. The van der Waals surface area contributed by atoms with E-state index < -0.39 is 35.8 Å². The smallest absolute Gasteiger partial charge is 0.270 e. The molecule has 40 heavy (non-hydrogen) atoms. The summed E-state index contributed by atoms with van der Waals surface area (Å²) in [6, 6.07) is 3.30. The molecule has 3 heterocycles. The van der Waals surface area contributed by atoms with Crippen molar-refractivity contribution in [2.45, 2.75) is 65.0 Å². The zero-order valence-electron chi connectivity index (χ0n) is 22.4. The van der Waals surface area contributed by atoms with Gasteiger partial charge in [0.2, 0.25) is 11.9 Å². The van der Waals surface area contributed by atoms with Gasteiger partial charge in [-0.15, -0.1) is 0 Å². The second kappa shape index (κ2) is 10.9. The summed E-state index contributed by atoms with van der Waals surface area (Å²) in [4.78, 5) is 30.7. The third kappa shape index (κ3) is 5.66. The summed E-state index contributed by atoms with van der Waals surface area (Å²) in [6.45, 7) is 5.17. The van der Waals surface area contributed by atoms with Gasteiger partial charge >= 0.3 is 0 Å². The summed E-state index contributed by atoms with van der Waals surface area (Å²) >= 11 is 0.